The Kier molecular flexibility index (Phi) is 4.96. The van der Waals surface area contributed by atoms with Crippen molar-refractivity contribution in [2.24, 2.45) is 5.92 Å². The van der Waals surface area contributed by atoms with Gasteiger partial charge < -0.3 is 10.4 Å². The quantitative estimate of drug-likeness (QED) is 0.797. The fourth-order valence-electron chi connectivity index (χ4n) is 3.01. The van der Waals surface area contributed by atoms with Gasteiger partial charge in [0.15, 0.2) is 11.4 Å². The lowest BCUT2D eigenvalue weighted by Crippen LogP contribution is -2.15. The highest BCUT2D eigenvalue weighted by Gasteiger charge is 2.21. The molecule has 1 aromatic heterocycles. The first-order valence-corrected chi connectivity index (χ1v) is 8.60. The third-order valence-electron chi connectivity index (χ3n) is 4.38. The number of anilines is 1. The fraction of sp³-hybridized carbons (Fsp3) is 0.438. The molecule has 1 aromatic carbocycles. The summed E-state index contributed by atoms with van der Waals surface area (Å²) in [6.45, 7) is 2.63. The summed E-state index contributed by atoms with van der Waals surface area (Å²) >= 11 is 11.7. The van der Waals surface area contributed by atoms with E-state index in [4.69, 9.17) is 23.2 Å². The van der Waals surface area contributed by atoms with E-state index < -0.39 is 0 Å². The average molecular weight is 369 g/mol. The number of phenolic OH excluding ortho intramolecular Hbond substituents is 1. The minimum atomic E-state index is -0.386. The Balaban J connectivity index is 1.74. The van der Waals surface area contributed by atoms with Gasteiger partial charge in [0.2, 0.25) is 0 Å². The van der Waals surface area contributed by atoms with Crippen molar-refractivity contribution >= 4 is 34.8 Å². The number of amides is 1. The molecular formula is C16H18Cl2N4O2. The zero-order chi connectivity index (χ0) is 17.3. The lowest BCUT2D eigenvalue weighted by Gasteiger charge is -2.10. The normalized spacial score (nSPS) is 15.0. The number of hydrogen-bond acceptors (Lipinski definition) is 4. The van der Waals surface area contributed by atoms with Crippen molar-refractivity contribution in [3.63, 3.8) is 0 Å². The summed E-state index contributed by atoms with van der Waals surface area (Å²) in [6.07, 6.45) is 4.92. The molecule has 0 spiro atoms. The smallest absolute Gasteiger partial charge is 0.278 e. The van der Waals surface area contributed by atoms with Gasteiger partial charge >= 0.3 is 0 Å². The molecule has 2 aromatic rings. The van der Waals surface area contributed by atoms with E-state index in [2.05, 4.69) is 15.6 Å². The number of rotatable bonds is 4. The fourth-order valence-corrected chi connectivity index (χ4v) is 3.50. The maximum atomic E-state index is 12.4. The van der Waals surface area contributed by atoms with Crippen LogP contribution in [-0.4, -0.2) is 26.0 Å². The molecule has 128 valence electrons. The van der Waals surface area contributed by atoms with Gasteiger partial charge in [-0.1, -0.05) is 41.3 Å². The molecule has 1 aliphatic rings. The maximum Gasteiger partial charge on any atom is 0.278 e. The van der Waals surface area contributed by atoms with E-state index in [0.717, 1.165) is 12.2 Å². The molecule has 24 heavy (non-hydrogen) atoms. The van der Waals surface area contributed by atoms with Gasteiger partial charge in [0, 0.05) is 12.2 Å². The summed E-state index contributed by atoms with van der Waals surface area (Å²) in [7, 11) is 0. The Morgan fingerprint density at radius 1 is 1.33 bits per heavy atom. The molecule has 0 aliphatic heterocycles. The number of nitrogens with one attached hydrogen (secondary N) is 1. The summed E-state index contributed by atoms with van der Waals surface area (Å²) in [5.41, 5.74) is 1.39. The van der Waals surface area contributed by atoms with Crippen molar-refractivity contribution < 1.29 is 9.90 Å². The number of hydrogen-bond donors (Lipinski definition) is 2. The summed E-state index contributed by atoms with van der Waals surface area (Å²) in [4.78, 5) is 12.4. The monoisotopic (exact) mass is 368 g/mol. The zero-order valence-electron chi connectivity index (χ0n) is 13.2. The summed E-state index contributed by atoms with van der Waals surface area (Å²) in [5.74, 6) is 0.00837. The van der Waals surface area contributed by atoms with E-state index in [1.165, 1.54) is 37.8 Å². The number of benzene rings is 1. The van der Waals surface area contributed by atoms with Crippen molar-refractivity contribution in [1.29, 1.82) is 0 Å². The van der Waals surface area contributed by atoms with E-state index in [1.54, 1.807) is 4.68 Å². The van der Waals surface area contributed by atoms with Crippen molar-refractivity contribution in [1.82, 2.24) is 15.0 Å². The van der Waals surface area contributed by atoms with Crippen molar-refractivity contribution in [3.05, 3.63) is 33.6 Å². The number of carbonyl (C=O) groups is 1. The first-order chi connectivity index (χ1) is 11.5. The Morgan fingerprint density at radius 2 is 1.96 bits per heavy atom. The van der Waals surface area contributed by atoms with Crippen LogP contribution in [0.3, 0.4) is 0 Å². The Morgan fingerprint density at radius 3 is 2.58 bits per heavy atom. The van der Waals surface area contributed by atoms with Gasteiger partial charge in [-0.15, -0.1) is 5.10 Å². The molecular weight excluding hydrogens is 351 g/mol. The van der Waals surface area contributed by atoms with E-state index in [9.17, 15) is 9.90 Å². The van der Waals surface area contributed by atoms with Gasteiger partial charge in [-0.05, 0) is 37.8 Å². The van der Waals surface area contributed by atoms with Crippen LogP contribution in [-0.2, 0) is 6.54 Å². The van der Waals surface area contributed by atoms with Crippen LogP contribution in [0.1, 0.15) is 41.9 Å². The highest BCUT2D eigenvalue weighted by Crippen LogP contribution is 2.34. The van der Waals surface area contributed by atoms with Crippen LogP contribution < -0.4 is 5.32 Å². The second-order valence-electron chi connectivity index (χ2n) is 6.10. The van der Waals surface area contributed by atoms with Gasteiger partial charge in [0.1, 0.15) is 0 Å². The molecule has 1 heterocycles. The molecule has 0 atom stereocenters. The summed E-state index contributed by atoms with van der Waals surface area (Å²) in [6, 6.07) is 2.86. The molecule has 0 saturated heterocycles. The number of nitrogens with zero attached hydrogens (tertiary/aromatic N) is 3. The van der Waals surface area contributed by atoms with Gasteiger partial charge in [-0.3, -0.25) is 4.79 Å². The standard InChI is InChI=1S/C16H18Cl2N4O2/c1-9-14(20-21-22(9)8-10-4-2-3-5-10)16(24)19-11-6-12(17)15(23)13(18)7-11/h6-7,10,23H,2-5,8H2,1H3,(H,19,24). The molecule has 3 rings (SSSR count). The number of phenols is 1. The van der Waals surface area contributed by atoms with Crippen LogP contribution in [0.25, 0.3) is 0 Å². The SMILES string of the molecule is Cc1c(C(=O)Nc2cc(Cl)c(O)c(Cl)c2)nnn1CC1CCCC1. The summed E-state index contributed by atoms with van der Waals surface area (Å²) < 4.78 is 1.79. The molecule has 8 heteroatoms. The molecule has 0 radical (unpaired) electrons. The first kappa shape index (κ1) is 17.0. The Labute approximate surface area is 149 Å². The van der Waals surface area contributed by atoms with Crippen LogP contribution in [0.4, 0.5) is 5.69 Å². The predicted molar refractivity (Wildman–Crippen MR) is 92.8 cm³/mol. The van der Waals surface area contributed by atoms with E-state index >= 15 is 0 Å². The third kappa shape index (κ3) is 3.49. The molecule has 2 N–H and O–H groups in total. The first-order valence-electron chi connectivity index (χ1n) is 7.85. The summed E-state index contributed by atoms with van der Waals surface area (Å²) in [5, 5.41) is 20.5. The molecule has 6 nitrogen and oxygen atoms in total. The van der Waals surface area contributed by atoms with E-state index in [-0.39, 0.29) is 27.4 Å². The lowest BCUT2D eigenvalue weighted by molar-refractivity contribution is 0.102. The van der Waals surface area contributed by atoms with Crippen molar-refractivity contribution in [2.75, 3.05) is 5.32 Å². The second kappa shape index (κ2) is 6.99. The molecule has 0 unspecified atom stereocenters. The molecule has 1 aliphatic carbocycles. The highest BCUT2D eigenvalue weighted by molar-refractivity contribution is 6.37. The number of aromatic nitrogens is 3. The molecule has 1 saturated carbocycles. The van der Waals surface area contributed by atoms with Crippen LogP contribution in [0, 0.1) is 12.8 Å². The third-order valence-corrected chi connectivity index (χ3v) is 4.95. The second-order valence-corrected chi connectivity index (χ2v) is 6.91. The van der Waals surface area contributed by atoms with Gasteiger partial charge in [-0.2, -0.15) is 0 Å². The van der Waals surface area contributed by atoms with Crippen molar-refractivity contribution in [3.8, 4) is 5.75 Å². The average Bonchev–Trinajstić information content (AvgIpc) is 3.16. The largest absolute Gasteiger partial charge is 0.505 e. The van der Waals surface area contributed by atoms with Crippen LogP contribution in [0.15, 0.2) is 12.1 Å². The van der Waals surface area contributed by atoms with Gasteiger partial charge in [0.05, 0.1) is 15.7 Å². The van der Waals surface area contributed by atoms with Crippen LogP contribution in [0.5, 0.6) is 5.75 Å². The van der Waals surface area contributed by atoms with E-state index in [1.807, 2.05) is 6.92 Å². The zero-order valence-corrected chi connectivity index (χ0v) is 14.7. The Bertz CT molecular complexity index is 746. The van der Waals surface area contributed by atoms with E-state index in [0.29, 0.717) is 11.6 Å². The predicted octanol–water partition coefficient (Wildman–Crippen LogP) is 4.04. The minimum absolute atomic E-state index is 0.0689. The number of carbonyl (C=O) groups excluding carboxylic acids is 1. The highest BCUT2D eigenvalue weighted by atomic mass is 35.5. The molecule has 0 bridgehead atoms. The Hall–Kier alpha value is -1.79. The minimum Gasteiger partial charge on any atom is -0.505 e. The van der Waals surface area contributed by atoms with Gasteiger partial charge in [0.25, 0.3) is 5.91 Å². The topological polar surface area (TPSA) is 80.0 Å². The van der Waals surface area contributed by atoms with Crippen LogP contribution in [0.2, 0.25) is 10.0 Å². The lowest BCUT2D eigenvalue weighted by atomic mass is 10.1. The number of aromatic hydroxyl groups is 1. The van der Waals surface area contributed by atoms with Gasteiger partial charge in [-0.25, -0.2) is 4.68 Å². The number of halogens is 2. The van der Waals surface area contributed by atoms with Crippen molar-refractivity contribution in [2.45, 2.75) is 39.2 Å². The maximum absolute atomic E-state index is 12.4. The molecule has 1 amide bonds. The molecule has 1 fully saturated rings. The van der Waals surface area contributed by atoms with Crippen LogP contribution >= 0.6 is 23.2 Å².